The van der Waals surface area contributed by atoms with Crippen LogP contribution in [-0.4, -0.2) is 37.6 Å². The van der Waals surface area contributed by atoms with Gasteiger partial charge in [-0.05, 0) is 17.7 Å². The first-order valence-electron chi connectivity index (χ1n) is 6.64. The summed E-state index contributed by atoms with van der Waals surface area (Å²) in [6.45, 7) is 5.52. The Hall–Kier alpha value is -1.55. The molecule has 4 heteroatoms. The quantitative estimate of drug-likeness (QED) is 0.819. The van der Waals surface area contributed by atoms with Crippen LogP contribution < -0.4 is 10.1 Å². The minimum atomic E-state index is 0.0813. The minimum absolute atomic E-state index is 0.0813. The van der Waals surface area contributed by atoms with Crippen molar-refractivity contribution in [2.24, 2.45) is 0 Å². The smallest absolute Gasteiger partial charge is 0.225 e. The van der Waals surface area contributed by atoms with Crippen LogP contribution in [0.5, 0.6) is 5.75 Å². The van der Waals surface area contributed by atoms with Crippen LogP contribution in [0.3, 0.4) is 0 Å². The molecule has 106 valence electrons. The fourth-order valence-corrected chi connectivity index (χ4v) is 1.51. The van der Waals surface area contributed by atoms with Crippen LogP contribution >= 0.6 is 0 Å². The third-order valence-corrected chi connectivity index (χ3v) is 2.72. The Labute approximate surface area is 115 Å². The third-order valence-electron chi connectivity index (χ3n) is 2.72. The van der Waals surface area contributed by atoms with Crippen molar-refractivity contribution in [1.82, 2.24) is 10.2 Å². The molecule has 0 saturated heterocycles. The van der Waals surface area contributed by atoms with E-state index in [1.54, 1.807) is 19.0 Å². The lowest BCUT2D eigenvalue weighted by atomic mass is 10.2. The number of hydrogen-bond acceptors (Lipinski definition) is 3. The molecule has 1 aromatic carbocycles. The average Bonchev–Trinajstić information content (AvgIpc) is 2.37. The molecule has 0 spiro atoms. The summed E-state index contributed by atoms with van der Waals surface area (Å²) < 4.78 is 5.54. The first-order chi connectivity index (χ1) is 8.99. The highest BCUT2D eigenvalue weighted by atomic mass is 16.5. The molecule has 0 atom stereocenters. The molecule has 0 bridgehead atoms. The number of ether oxygens (including phenoxy) is 1. The van der Waals surface area contributed by atoms with Gasteiger partial charge in [0.15, 0.2) is 0 Å². The van der Waals surface area contributed by atoms with Crippen LogP contribution in [0.1, 0.15) is 25.8 Å². The summed E-state index contributed by atoms with van der Waals surface area (Å²) in [7, 11) is 3.50. The van der Waals surface area contributed by atoms with Gasteiger partial charge >= 0.3 is 0 Å². The number of benzene rings is 1. The van der Waals surface area contributed by atoms with Crippen LogP contribution in [0, 0.1) is 0 Å². The zero-order valence-corrected chi connectivity index (χ0v) is 12.3. The summed E-state index contributed by atoms with van der Waals surface area (Å²) in [5.41, 5.74) is 1.23. The van der Waals surface area contributed by atoms with Gasteiger partial charge in [-0.3, -0.25) is 4.79 Å². The van der Waals surface area contributed by atoms with Gasteiger partial charge < -0.3 is 15.0 Å². The van der Waals surface area contributed by atoms with Crippen molar-refractivity contribution in [1.29, 1.82) is 0 Å². The molecule has 0 fully saturated rings. The standard InChI is InChI=1S/C15H24N2O2/c1-12(2)16-11-13-5-7-14(8-6-13)19-10-9-15(18)17(3)4/h5-8,12,16H,9-11H2,1-4H3. The molecule has 0 aliphatic rings. The van der Waals surface area contributed by atoms with Crippen LogP contribution in [0.15, 0.2) is 24.3 Å². The van der Waals surface area contributed by atoms with E-state index in [-0.39, 0.29) is 5.91 Å². The molecule has 0 saturated carbocycles. The molecular weight excluding hydrogens is 240 g/mol. The van der Waals surface area contributed by atoms with Crippen molar-refractivity contribution >= 4 is 5.91 Å². The molecule has 1 aromatic rings. The highest BCUT2D eigenvalue weighted by Gasteiger charge is 2.04. The Bertz CT molecular complexity index is 386. The van der Waals surface area contributed by atoms with E-state index in [0.29, 0.717) is 19.1 Å². The van der Waals surface area contributed by atoms with Gasteiger partial charge in [0.05, 0.1) is 13.0 Å². The molecule has 19 heavy (non-hydrogen) atoms. The van der Waals surface area contributed by atoms with E-state index in [9.17, 15) is 4.79 Å². The Kier molecular flexibility index (Phi) is 6.36. The molecular formula is C15H24N2O2. The second kappa shape index (κ2) is 7.79. The van der Waals surface area contributed by atoms with Crippen LogP contribution in [0.4, 0.5) is 0 Å². The third kappa shape index (κ3) is 6.25. The van der Waals surface area contributed by atoms with Crippen molar-refractivity contribution < 1.29 is 9.53 Å². The summed E-state index contributed by atoms with van der Waals surface area (Å²) in [6.07, 6.45) is 0.406. The highest BCUT2D eigenvalue weighted by molar-refractivity contribution is 5.75. The fourth-order valence-electron chi connectivity index (χ4n) is 1.51. The monoisotopic (exact) mass is 264 g/mol. The van der Waals surface area contributed by atoms with E-state index in [2.05, 4.69) is 19.2 Å². The molecule has 0 aromatic heterocycles. The molecule has 0 unspecified atom stereocenters. The highest BCUT2D eigenvalue weighted by Crippen LogP contribution is 2.12. The lowest BCUT2D eigenvalue weighted by Crippen LogP contribution is -2.23. The predicted octanol–water partition coefficient (Wildman–Crippen LogP) is 2.04. The van der Waals surface area contributed by atoms with E-state index in [1.165, 1.54) is 5.56 Å². The van der Waals surface area contributed by atoms with Crippen molar-refractivity contribution in [2.45, 2.75) is 32.9 Å². The maximum atomic E-state index is 11.4. The van der Waals surface area contributed by atoms with Crippen molar-refractivity contribution in [3.05, 3.63) is 29.8 Å². The molecule has 0 heterocycles. The summed E-state index contributed by atoms with van der Waals surface area (Å²) in [6, 6.07) is 8.44. The molecule has 0 aliphatic carbocycles. The second-order valence-electron chi connectivity index (χ2n) is 5.07. The molecule has 4 nitrogen and oxygen atoms in total. The molecule has 0 radical (unpaired) electrons. The van der Waals surface area contributed by atoms with Gasteiger partial charge in [-0.2, -0.15) is 0 Å². The number of carbonyl (C=O) groups excluding carboxylic acids is 1. The molecule has 1 N–H and O–H groups in total. The Morgan fingerprint density at radius 3 is 2.42 bits per heavy atom. The lowest BCUT2D eigenvalue weighted by Gasteiger charge is -2.11. The normalized spacial score (nSPS) is 10.6. The van der Waals surface area contributed by atoms with E-state index in [0.717, 1.165) is 12.3 Å². The SMILES string of the molecule is CC(C)NCc1ccc(OCCC(=O)N(C)C)cc1. The van der Waals surface area contributed by atoms with Gasteiger partial charge in [-0.1, -0.05) is 26.0 Å². The number of nitrogens with zero attached hydrogens (tertiary/aromatic N) is 1. The number of nitrogens with one attached hydrogen (secondary N) is 1. The Morgan fingerprint density at radius 2 is 1.89 bits per heavy atom. The van der Waals surface area contributed by atoms with Gasteiger partial charge in [0.25, 0.3) is 0 Å². The Balaban J connectivity index is 2.34. The van der Waals surface area contributed by atoms with Crippen molar-refractivity contribution in [3.63, 3.8) is 0 Å². The van der Waals surface area contributed by atoms with E-state index < -0.39 is 0 Å². The molecule has 1 amide bonds. The van der Waals surface area contributed by atoms with Gasteiger partial charge in [-0.25, -0.2) is 0 Å². The average molecular weight is 264 g/mol. The first kappa shape index (κ1) is 15.5. The molecule has 0 aliphatic heterocycles. The Morgan fingerprint density at radius 1 is 1.26 bits per heavy atom. The summed E-state index contributed by atoms with van der Waals surface area (Å²) in [4.78, 5) is 12.9. The van der Waals surface area contributed by atoms with Crippen LogP contribution in [0.25, 0.3) is 0 Å². The molecule has 1 rings (SSSR count). The van der Waals surface area contributed by atoms with Gasteiger partial charge in [-0.15, -0.1) is 0 Å². The number of rotatable bonds is 7. The first-order valence-corrected chi connectivity index (χ1v) is 6.64. The summed E-state index contributed by atoms with van der Waals surface area (Å²) in [5.74, 6) is 0.887. The summed E-state index contributed by atoms with van der Waals surface area (Å²) >= 11 is 0. The number of amides is 1. The van der Waals surface area contributed by atoms with E-state index >= 15 is 0 Å². The van der Waals surface area contributed by atoms with Crippen molar-refractivity contribution in [3.8, 4) is 5.75 Å². The van der Waals surface area contributed by atoms with Gasteiger partial charge in [0.2, 0.25) is 5.91 Å². The zero-order valence-electron chi connectivity index (χ0n) is 12.3. The second-order valence-corrected chi connectivity index (χ2v) is 5.07. The maximum absolute atomic E-state index is 11.4. The maximum Gasteiger partial charge on any atom is 0.225 e. The zero-order chi connectivity index (χ0) is 14.3. The van der Waals surface area contributed by atoms with E-state index in [4.69, 9.17) is 4.74 Å². The van der Waals surface area contributed by atoms with E-state index in [1.807, 2.05) is 24.3 Å². The fraction of sp³-hybridized carbons (Fsp3) is 0.533. The van der Waals surface area contributed by atoms with Crippen LogP contribution in [0.2, 0.25) is 0 Å². The largest absolute Gasteiger partial charge is 0.493 e. The van der Waals surface area contributed by atoms with Gasteiger partial charge in [0, 0.05) is 26.7 Å². The number of hydrogen-bond donors (Lipinski definition) is 1. The van der Waals surface area contributed by atoms with Crippen molar-refractivity contribution in [2.75, 3.05) is 20.7 Å². The predicted molar refractivity (Wildman–Crippen MR) is 77.2 cm³/mol. The van der Waals surface area contributed by atoms with Gasteiger partial charge in [0.1, 0.15) is 5.75 Å². The van der Waals surface area contributed by atoms with Crippen LogP contribution in [-0.2, 0) is 11.3 Å². The topological polar surface area (TPSA) is 41.6 Å². The summed E-state index contributed by atoms with van der Waals surface area (Å²) in [5, 5.41) is 3.36. The number of carbonyl (C=O) groups is 1. The lowest BCUT2D eigenvalue weighted by molar-refractivity contribution is -0.129. The minimum Gasteiger partial charge on any atom is -0.493 e.